The second-order valence-corrected chi connectivity index (χ2v) is 7.48. The molecule has 1 aromatic rings. The van der Waals surface area contributed by atoms with Crippen LogP contribution in [0, 0.1) is 0 Å². The molecule has 0 bridgehead atoms. The smallest absolute Gasteiger partial charge is 0.261 e. The van der Waals surface area contributed by atoms with Gasteiger partial charge in [0.15, 0.2) is 6.10 Å². The molecule has 0 radical (unpaired) electrons. The molecule has 6 nitrogen and oxygen atoms in total. The number of benzene rings is 1. The zero-order valence-electron chi connectivity index (χ0n) is 12.5. The Bertz CT molecular complexity index is 663. The molecule has 0 fully saturated rings. The number of sulfonamides is 1. The quantitative estimate of drug-likeness (QED) is 0.901. The van der Waals surface area contributed by atoms with Crippen molar-refractivity contribution in [3.8, 4) is 5.75 Å². The summed E-state index contributed by atoms with van der Waals surface area (Å²) < 4.78 is 30.9. The number of hydrogen-bond donors (Lipinski definition) is 1. The summed E-state index contributed by atoms with van der Waals surface area (Å²) in [5.41, 5.74) is 0.362. The summed E-state index contributed by atoms with van der Waals surface area (Å²) in [4.78, 5) is 12.1. The zero-order chi connectivity index (χ0) is 16.3. The molecule has 2 rings (SSSR count). The SMILES string of the molecule is CCCNC(=O)[C@H]1CCN(S(C)(=O)=O)c2cc(Cl)ccc2O1. The second-order valence-electron chi connectivity index (χ2n) is 5.13. The Morgan fingerprint density at radius 2 is 2.23 bits per heavy atom. The van der Waals surface area contributed by atoms with Gasteiger partial charge in [-0.15, -0.1) is 0 Å². The molecule has 1 amide bonds. The lowest BCUT2D eigenvalue weighted by Crippen LogP contribution is -2.40. The third-order valence-electron chi connectivity index (χ3n) is 3.30. The van der Waals surface area contributed by atoms with Crippen LogP contribution in [0.4, 0.5) is 5.69 Å². The first-order chi connectivity index (χ1) is 10.3. The van der Waals surface area contributed by atoms with E-state index < -0.39 is 16.1 Å². The van der Waals surface area contributed by atoms with E-state index in [1.165, 1.54) is 10.4 Å². The molecule has 1 aromatic carbocycles. The lowest BCUT2D eigenvalue weighted by atomic mass is 10.2. The van der Waals surface area contributed by atoms with E-state index in [-0.39, 0.29) is 18.9 Å². The van der Waals surface area contributed by atoms with Crippen molar-refractivity contribution in [3.63, 3.8) is 0 Å². The maximum Gasteiger partial charge on any atom is 0.261 e. The summed E-state index contributed by atoms with van der Waals surface area (Å²) in [5.74, 6) is 0.0991. The minimum Gasteiger partial charge on any atom is -0.478 e. The number of carbonyl (C=O) groups is 1. The summed E-state index contributed by atoms with van der Waals surface area (Å²) in [6.07, 6.45) is 1.49. The van der Waals surface area contributed by atoms with Crippen LogP contribution in [-0.4, -0.2) is 39.8 Å². The fraction of sp³-hybridized carbons (Fsp3) is 0.500. The number of amides is 1. The first-order valence-electron chi connectivity index (χ1n) is 7.04. The number of fused-ring (bicyclic) bond motifs is 1. The van der Waals surface area contributed by atoms with Crippen LogP contribution in [-0.2, 0) is 14.8 Å². The number of ether oxygens (including phenoxy) is 1. The molecule has 0 unspecified atom stereocenters. The van der Waals surface area contributed by atoms with E-state index in [2.05, 4.69) is 5.32 Å². The molecule has 1 aliphatic rings. The molecule has 1 atom stereocenters. The van der Waals surface area contributed by atoms with Crippen molar-refractivity contribution in [1.29, 1.82) is 0 Å². The highest BCUT2D eigenvalue weighted by Gasteiger charge is 2.31. The first-order valence-corrected chi connectivity index (χ1v) is 9.27. The van der Waals surface area contributed by atoms with E-state index in [0.29, 0.717) is 23.0 Å². The Kier molecular flexibility index (Phi) is 5.18. The van der Waals surface area contributed by atoms with Gasteiger partial charge in [-0.2, -0.15) is 0 Å². The molecule has 0 spiro atoms. The highest BCUT2D eigenvalue weighted by molar-refractivity contribution is 7.92. The molecule has 0 saturated heterocycles. The topological polar surface area (TPSA) is 75.7 Å². The summed E-state index contributed by atoms with van der Waals surface area (Å²) in [6.45, 7) is 2.68. The van der Waals surface area contributed by atoms with Crippen LogP contribution in [0.2, 0.25) is 5.02 Å². The van der Waals surface area contributed by atoms with Gasteiger partial charge in [-0.3, -0.25) is 9.10 Å². The Morgan fingerprint density at radius 1 is 1.50 bits per heavy atom. The summed E-state index contributed by atoms with van der Waals surface area (Å²) in [6, 6.07) is 4.72. The molecular weight excluding hydrogens is 328 g/mol. The summed E-state index contributed by atoms with van der Waals surface area (Å²) >= 11 is 5.96. The number of carbonyl (C=O) groups excluding carboxylic acids is 1. The van der Waals surface area contributed by atoms with Gasteiger partial charge < -0.3 is 10.1 Å². The van der Waals surface area contributed by atoms with Gasteiger partial charge in [-0.25, -0.2) is 8.42 Å². The van der Waals surface area contributed by atoms with E-state index >= 15 is 0 Å². The van der Waals surface area contributed by atoms with Crippen molar-refractivity contribution < 1.29 is 17.9 Å². The summed E-state index contributed by atoms with van der Waals surface area (Å²) in [5, 5.41) is 3.17. The maximum absolute atomic E-state index is 12.1. The van der Waals surface area contributed by atoms with Crippen molar-refractivity contribution in [2.45, 2.75) is 25.9 Å². The van der Waals surface area contributed by atoms with E-state index in [4.69, 9.17) is 16.3 Å². The fourth-order valence-electron chi connectivity index (χ4n) is 2.24. The van der Waals surface area contributed by atoms with E-state index in [9.17, 15) is 13.2 Å². The van der Waals surface area contributed by atoms with E-state index in [1.54, 1.807) is 12.1 Å². The van der Waals surface area contributed by atoms with Crippen LogP contribution in [0.3, 0.4) is 0 Å². The first kappa shape index (κ1) is 16.9. The van der Waals surface area contributed by atoms with Crippen molar-refractivity contribution >= 4 is 33.2 Å². The maximum atomic E-state index is 12.1. The monoisotopic (exact) mass is 346 g/mol. The lowest BCUT2D eigenvalue weighted by Gasteiger charge is -2.21. The normalized spacial score (nSPS) is 18.1. The number of hydrogen-bond acceptors (Lipinski definition) is 4. The minimum atomic E-state index is -3.48. The third-order valence-corrected chi connectivity index (χ3v) is 4.71. The Hall–Kier alpha value is -1.47. The van der Waals surface area contributed by atoms with Crippen molar-refractivity contribution in [1.82, 2.24) is 5.32 Å². The van der Waals surface area contributed by atoms with Crippen molar-refractivity contribution in [3.05, 3.63) is 23.2 Å². The molecule has 1 aliphatic heterocycles. The predicted molar refractivity (Wildman–Crippen MR) is 86.0 cm³/mol. The van der Waals surface area contributed by atoms with E-state index in [0.717, 1.165) is 12.7 Å². The van der Waals surface area contributed by atoms with Gasteiger partial charge in [-0.1, -0.05) is 18.5 Å². The van der Waals surface area contributed by atoms with E-state index in [1.807, 2.05) is 6.92 Å². The second kappa shape index (κ2) is 6.75. The van der Waals surface area contributed by atoms with Gasteiger partial charge in [0, 0.05) is 24.5 Å². The Balaban J connectivity index is 2.34. The number of halogens is 1. The molecule has 0 aromatic heterocycles. The number of rotatable bonds is 4. The van der Waals surface area contributed by atoms with Crippen LogP contribution in [0.1, 0.15) is 19.8 Å². The fourth-order valence-corrected chi connectivity index (χ4v) is 3.35. The van der Waals surface area contributed by atoms with Gasteiger partial charge in [0.1, 0.15) is 5.75 Å². The van der Waals surface area contributed by atoms with Gasteiger partial charge >= 0.3 is 0 Å². The van der Waals surface area contributed by atoms with Gasteiger partial charge in [0.25, 0.3) is 5.91 Å². The van der Waals surface area contributed by atoms with Crippen LogP contribution >= 0.6 is 11.6 Å². The Morgan fingerprint density at radius 3 is 2.86 bits per heavy atom. The van der Waals surface area contributed by atoms with Crippen molar-refractivity contribution in [2.75, 3.05) is 23.7 Å². The molecule has 8 heteroatoms. The average molecular weight is 347 g/mol. The summed E-state index contributed by atoms with van der Waals surface area (Å²) in [7, 11) is -3.48. The highest BCUT2D eigenvalue weighted by atomic mass is 35.5. The third kappa shape index (κ3) is 3.84. The average Bonchev–Trinajstić information content (AvgIpc) is 2.63. The van der Waals surface area contributed by atoms with Gasteiger partial charge in [0.05, 0.1) is 11.9 Å². The van der Waals surface area contributed by atoms with Crippen LogP contribution in [0.25, 0.3) is 0 Å². The van der Waals surface area contributed by atoms with Gasteiger partial charge in [-0.05, 0) is 24.6 Å². The molecule has 1 N–H and O–H groups in total. The molecule has 0 saturated carbocycles. The van der Waals surface area contributed by atoms with Gasteiger partial charge in [0.2, 0.25) is 10.0 Å². The zero-order valence-corrected chi connectivity index (χ0v) is 14.1. The lowest BCUT2D eigenvalue weighted by molar-refractivity contribution is -0.128. The number of nitrogens with zero attached hydrogens (tertiary/aromatic N) is 1. The molecule has 22 heavy (non-hydrogen) atoms. The van der Waals surface area contributed by atoms with Crippen LogP contribution < -0.4 is 14.4 Å². The number of nitrogens with one attached hydrogen (secondary N) is 1. The standard InChI is InChI=1S/C14H19ClN2O4S/c1-3-7-16-14(18)13-6-8-17(22(2,19)20)11-9-10(15)4-5-12(11)21-13/h4-5,9,13H,3,6-8H2,1-2H3,(H,16,18)/t13-/m1/s1. The van der Waals surface area contributed by atoms with Crippen LogP contribution in [0.5, 0.6) is 5.75 Å². The van der Waals surface area contributed by atoms with Crippen molar-refractivity contribution in [2.24, 2.45) is 0 Å². The molecule has 122 valence electrons. The molecule has 0 aliphatic carbocycles. The Labute approximate surface area is 135 Å². The molecule has 1 heterocycles. The van der Waals surface area contributed by atoms with Crippen LogP contribution in [0.15, 0.2) is 18.2 Å². The largest absolute Gasteiger partial charge is 0.478 e. The molecular formula is C14H19ClN2O4S. The minimum absolute atomic E-state index is 0.163. The predicted octanol–water partition coefficient (Wildman–Crippen LogP) is 1.78. The highest BCUT2D eigenvalue weighted by Crippen LogP contribution is 2.36. The number of anilines is 1.